The van der Waals surface area contributed by atoms with Crippen molar-refractivity contribution in [2.24, 2.45) is 11.7 Å². The number of carbonyl (C=O) groups excluding carboxylic acids is 1. The first kappa shape index (κ1) is 14.2. The van der Waals surface area contributed by atoms with Crippen molar-refractivity contribution in [3.8, 4) is 5.75 Å². The summed E-state index contributed by atoms with van der Waals surface area (Å²) >= 11 is 6.02. The van der Waals surface area contributed by atoms with Crippen molar-refractivity contribution in [3.63, 3.8) is 0 Å². The highest BCUT2D eigenvalue weighted by atomic mass is 35.5. The molecule has 1 fully saturated rings. The fourth-order valence-electron chi connectivity index (χ4n) is 2.04. The minimum atomic E-state index is -0.0839. The summed E-state index contributed by atoms with van der Waals surface area (Å²) in [7, 11) is 1.55. The molecule has 104 valence electrons. The third-order valence-corrected chi connectivity index (χ3v) is 3.81. The normalized spacial score (nSPS) is 16.0. The van der Waals surface area contributed by atoms with E-state index in [0.29, 0.717) is 28.8 Å². The van der Waals surface area contributed by atoms with E-state index >= 15 is 0 Å². The van der Waals surface area contributed by atoms with Crippen LogP contribution in [0.2, 0.25) is 5.02 Å². The van der Waals surface area contributed by atoms with Crippen LogP contribution in [0.4, 0.5) is 5.69 Å². The number of aryl methyl sites for hydroxylation is 1. The third-order valence-electron chi connectivity index (χ3n) is 3.40. The molecule has 0 radical (unpaired) electrons. The van der Waals surface area contributed by atoms with Gasteiger partial charge in [-0.2, -0.15) is 0 Å². The van der Waals surface area contributed by atoms with Crippen LogP contribution in [0, 0.1) is 12.8 Å². The number of anilines is 1. The number of amides is 1. The van der Waals surface area contributed by atoms with Gasteiger partial charge in [0.2, 0.25) is 5.91 Å². The van der Waals surface area contributed by atoms with Crippen molar-refractivity contribution in [1.29, 1.82) is 0 Å². The van der Waals surface area contributed by atoms with Gasteiger partial charge in [-0.1, -0.05) is 11.6 Å². The molecule has 0 heterocycles. The van der Waals surface area contributed by atoms with Crippen LogP contribution < -0.4 is 15.8 Å². The molecule has 1 unspecified atom stereocenters. The van der Waals surface area contributed by atoms with Crippen molar-refractivity contribution < 1.29 is 9.53 Å². The Morgan fingerprint density at radius 3 is 2.84 bits per heavy atom. The van der Waals surface area contributed by atoms with Gasteiger partial charge < -0.3 is 15.8 Å². The van der Waals surface area contributed by atoms with Gasteiger partial charge >= 0.3 is 0 Å². The smallest absolute Gasteiger partial charge is 0.226 e. The van der Waals surface area contributed by atoms with Crippen LogP contribution in [-0.2, 0) is 4.79 Å². The number of methoxy groups -OCH3 is 1. The molecule has 0 aromatic heterocycles. The second kappa shape index (κ2) is 5.80. The van der Waals surface area contributed by atoms with Crippen LogP contribution in [0.15, 0.2) is 12.1 Å². The highest BCUT2D eigenvalue weighted by Crippen LogP contribution is 2.34. The zero-order valence-corrected chi connectivity index (χ0v) is 12.0. The average Bonchev–Trinajstić information content (AvgIpc) is 3.17. The van der Waals surface area contributed by atoms with Gasteiger partial charge in [0.15, 0.2) is 0 Å². The molecule has 19 heavy (non-hydrogen) atoms. The number of carbonyl (C=O) groups is 1. The van der Waals surface area contributed by atoms with E-state index in [9.17, 15) is 4.79 Å². The molecule has 0 bridgehead atoms. The van der Waals surface area contributed by atoms with Crippen molar-refractivity contribution >= 4 is 23.2 Å². The van der Waals surface area contributed by atoms with E-state index in [0.717, 1.165) is 18.4 Å². The number of halogens is 1. The molecule has 4 nitrogen and oxygen atoms in total. The lowest BCUT2D eigenvalue weighted by Crippen LogP contribution is -2.29. The lowest BCUT2D eigenvalue weighted by atomic mass is 10.1. The predicted molar refractivity (Wildman–Crippen MR) is 76.7 cm³/mol. The number of nitrogens with one attached hydrogen (secondary N) is 1. The van der Waals surface area contributed by atoms with E-state index in [2.05, 4.69) is 5.32 Å². The van der Waals surface area contributed by atoms with E-state index in [1.165, 1.54) is 0 Å². The SMILES string of the molecule is COc1cc(Cl)c(C)cc1NC(=O)CC(N)C1CC1. The molecule has 0 saturated heterocycles. The topological polar surface area (TPSA) is 64.3 Å². The summed E-state index contributed by atoms with van der Waals surface area (Å²) < 4.78 is 5.22. The number of nitrogens with two attached hydrogens (primary N) is 1. The standard InChI is InChI=1S/C14H19ClN2O2/c1-8-5-12(13(19-2)6-10(8)15)17-14(18)7-11(16)9-3-4-9/h5-6,9,11H,3-4,7,16H2,1-2H3,(H,17,18). The van der Waals surface area contributed by atoms with Crippen molar-refractivity contribution in [2.45, 2.75) is 32.2 Å². The quantitative estimate of drug-likeness (QED) is 0.873. The summed E-state index contributed by atoms with van der Waals surface area (Å²) in [5.74, 6) is 0.989. The molecule has 0 aliphatic heterocycles. The fourth-order valence-corrected chi connectivity index (χ4v) is 2.19. The summed E-state index contributed by atoms with van der Waals surface area (Å²) in [6, 6.07) is 3.47. The Kier molecular flexibility index (Phi) is 4.32. The lowest BCUT2D eigenvalue weighted by molar-refractivity contribution is -0.116. The molecule has 3 N–H and O–H groups in total. The number of hydrogen-bond donors (Lipinski definition) is 2. The van der Waals surface area contributed by atoms with Gasteiger partial charge in [-0.05, 0) is 37.3 Å². The van der Waals surface area contributed by atoms with Crippen LogP contribution in [0.3, 0.4) is 0 Å². The monoisotopic (exact) mass is 282 g/mol. The first-order valence-electron chi connectivity index (χ1n) is 6.41. The summed E-state index contributed by atoms with van der Waals surface area (Å²) in [5, 5.41) is 3.46. The second-order valence-electron chi connectivity index (χ2n) is 5.06. The first-order chi connectivity index (χ1) is 9.01. The fraction of sp³-hybridized carbons (Fsp3) is 0.500. The Morgan fingerprint density at radius 1 is 1.58 bits per heavy atom. The average molecular weight is 283 g/mol. The van der Waals surface area contributed by atoms with Gasteiger partial charge in [0.1, 0.15) is 5.75 Å². The molecule has 1 aromatic carbocycles. The van der Waals surface area contributed by atoms with Crippen LogP contribution in [0.1, 0.15) is 24.8 Å². The Hall–Kier alpha value is -1.26. The molecule has 2 rings (SSSR count). The summed E-state index contributed by atoms with van der Waals surface area (Å²) in [6.07, 6.45) is 2.62. The number of benzene rings is 1. The molecule has 1 atom stereocenters. The molecule has 1 aliphatic rings. The maximum absolute atomic E-state index is 11.9. The van der Waals surface area contributed by atoms with Crippen molar-refractivity contribution in [2.75, 3.05) is 12.4 Å². The van der Waals surface area contributed by atoms with Crippen LogP contribution in [0.25, 0.3) is 0 Å². The van der Waals surface area contributed by atoms with Gasteiger partial charge in [0.05, 0.1) is 12.8 Å². The Balaban J connectivity index is 2.04. The first-order valence-corrected chi connectivity index (χ1v) is 6.78. The Bertz CT molecular complexity index is 487. The van der Waals surface area contributed by atoms with Gasteiger partial charge in [-0.3, -0.25) is 4.79 Å². The molecule has 5 heteroatoms. The summed E-state index contributed by atoms with van der Waals surface area (Å²) in [4.78, 5) is 11.9. The van der Waals surface area contributed by atoms with Crippen molar-refractivity contribution in [1.82, 2.24) is 0 Å². The van der Waals surface area contributed by atoms with Gasteiger partial charge in [-0.15, -0.1) is 0 Å². The van der Waals surface area contributed by atoms with Crippen LogP contribution >= 0.6 is 11.6 Å². The highest BCUT2D eigenvalue weighted by Gasteiger charge is 2.29. The summed E-state index contributed by atoms with van der Waals surface area (Å²) in [6.45, 7) is 1.88. The van der Waals surface area contributed by atoms with Crippen molar-refractivity contribution in [3.05, 3.63) is 22.7 Å². The van der Waals surface area contributed by atoms with E-state index in [4.69, 9.17) is 22.1 Å². The summed E-state index contributed by atoms with van der Waals surface area (Å²) in [5.41, 5.74) is 7.47. The molecular weight excluding hydrogens is 264 g/mol. The van der Waals surface area contributed by atoms with E-state index in [1.807, 2.05) is 13.0 Å². The zero-order valence-electron chi connectivity index (χ0n) is 11.2. The molecule has 1 aromatic rings. The Morgan fingerprint density at radius 2 is 2.26 bits per heavy atom. The number of hydrogen-bond acceptors (Lipinski definition) is 3. The molecule has 1 amide bonds. The van der Waals surface area contributed by atoms with Gasteiger partial charge in [-0.25, -0.2) is 0 Å². The lowest BCUT2D eigenvalue weighted by Gasteiger charge is -2.14. The maximum Gasteiger partial charge on any atom is 0.226 e. The van der Waals surface area contributed by atoms with Crippen LogP contribution in [-0.4, -0.2) is 19.1 Å². The van der Waals surface area contributed by atoms with Gasteiger partial charge in [0.25, 0.3) is 0 Å². The number of ether oxygens (including phenoxy) is 1. The molecule has 1 saturated carbocycles. The minimum Gasteiger partial charge on any atom is -0.495 e. The molecular formula is C14H19ClN2O2. The number of rotatable bonds is 5. The van der Waals surface area contributed by atoms with Gasteiger partial charge in [0, 0.05) is 23.6 Å². The molecule has 0 spiro atoms. The van der Waals surface area contributed by atoms with E-state index < -0.39 is 0 Å². The van der Waals surface area contributed by atoms with E-state index in [1.54, 1.807) is 13.2 Å². The predicted octanol–water partition coefficient (Wildman–Crippen LogP) is 2.72. The maximum atomic E-state index is 11.9. The molecule has 1 aliphatic carbocycles. The Labute approximate surface area is 118 Å². The largest absolute Gasteiger partial charge is 0.495 e. The highest BCUT2D eigenvalue weighted by molar-refractivity contribution is 6.31. The van der Waals surface area contributed by atoms with Crippen LogP contribution in [0.5, 0.6) is 5.75 Å². The second-order valence-corrected chi connectivity index (χ2v) is 5.46. The zero-order chi connectivity index (χ0) is 14.0. The minimum absolute atomic E-state index is 0.0422. The van der Waals surface area contributed by atoms with E-state index in [-0.39, 0.29) is 11.9 Å². The third kappa shape index (κ3) is 3.61.